The number of nitrogens with one attached hydrogen (secondary N) is 2. The van der Waals surface area contributed by atoms with E-state index in [1.807, 2.05) is 5.10 Å². The summed E-state index contributed by atoms with van der Waals surface area (Å²) in [4.78, 5) is 37.6. The molecule has 1 atom stereocenters. The summed E-state index contributed by atoms with van der Waals surface area (Å²) in [6.45, 7) is -1.65. The highest BCUT2D eigenvalue weighted by Crippen LogP contribution is 2.38. The fraction of sp³-hybridized carbons (Fsp3) is 0.176. The molecule has 2 aromatic heterocycles. The zero-order valence-corrected chi connectivity index (χ0v) is 16.1. The maximum atomic E-state index is 15.0. The summed E-state index contributed by atoms with van der Waals surface area (Å²) < 4.78 is 59.3. The Balaban J connectivity index is 2.22. The average Bonchev–Trinajstić information content (AvgIpc) is 2.77. The average molecular weight is 458 g/mol. The summed E-state index contributed by atoms with van der Waals surface area (Å²) in [6.07, 6.45) is 0. The molecule has 0 aliphatic heterocycles. The number of aromatic amines is 2. The van der Waals surface area contributed by atoms with E-state index in [2.05, 4.69) is 10.2 Å². The van der Waals surface area contributed by atoms with Gasteiger partial charge in [-0.3, -0.25) is 14.6 Å². The molecule has 0 amide bonds. The van der Waals surface area contributed by atoms with Crippen LogP contribution in [0.5, 0.6) is 11.6 Å². The van der Waals surface area contributed by atoms with Gasteiger partial charge >= 0.3 is 5.69 Å². The first-order chi connectivity index (χ1) is 16.2. The lowest BCUT2D eigenvalue weighted by Crippen LogP contribution is -2.33. The van der Waals surface area contributed by atoms with Gasteiger partial charge in [-0.25, -0.2) is 14.3 Å². The second-order valence-corrected chi connectivity index (χ2v) is 6.35. The molecule has 0 saturated carbocycles. The third kappa shape index (κ3) is 3.83. The van der Waals surface area contributed by atoms with E-state index in [0.29, 0.717) is 4.68 Å². The minimum Gasteiger partial charge on any atom is -0.432 e. The Hall–Kier alpha value is -3.49. The van der Waals surface area contributed by atoms with Crippen LogP contribution in [0.3, 0.4) is 0 Å². The fourth-order valence-corrected chi connectivity index (χ4v) is 2.74. The molecule has 2 N–H and O–H groups in total. The molecule has 3 aromatic rings. The van der Waals surface area contributed by atoms with Crippen molar-refractivity contribution >= 4 is 23.2 Å². The first-order valence-electron chi connectivity index (χ1n) is 10.3. The number of hydrogen-bond donors (Lipinski definition) is 2. The van der Waals surface area contributed by atoms with Crippen molar-refractivity contribution < 1.29 is 16.0 Å². The Morgan fingerprint density at radius 1 is 1.33 bits per heavy atom. The molecule has 1 unspecified atom stereocenters. The highest BCUT2D eigenvalue weighted by atomic mass is 35.5. The predicted molar refractivity (Wildman–Crippen MR) is 104 cm³/mol. The van der Waals surface area contributed by atoms with E-state index >= 15 is 4.39 Å². The Morgan fingerprint density at radius 2 is 2.00 bits per heavy atom. The molecule has 3 rings (SSSR count). The molecule has 13 heteroatoms. The van der Waals surface area contributed by atoms with Gasteiger partial charge in [-0.05, 0) is 18.0 Å². The smallest absolute Gasteiger partial charge is 0.349 e. The van der Waals surface area contributed by atoms with E-state index in [1.54, 1.807) is 4.98 Å². The standard InChI is InChI=1S/C17H11Cl2FN6O4/c1-6(2)11-12(20)16(24-23-15(11)28)30-13-8(18)3-7(4-9(13)19)26-17(29)22-14(27)10(5-21)25-26/h3-4,6H,1-2H3,(H,23,28)(H,22,27,29)/i1D3,3D,4D. The summed E-state index contributed by atoms with van der Waals surface area (Å²) >= 11 is 12.2. The second kappa shape index (κ2) is 8.10. The minimum atomic E-state index is -2.74. The highest BCUT2D eigenvalue weighted by molar-refractivity contribution is 6.37. The normalized spacial score (nSPS) is 14.6. The largest absolute Gasteiger partial charge is 0.432 e. The minimum absolute atomic E-state index is 0.348. The molecule has 0 aliphatic carbocycles. The van der Waals surface area contributed by atoms with Crippen LogP contribution in [0.2, 0.25) is 10.0 Å². The van der Waals surface area contributed by atoms with Crippen LogP contribution in [0.15, 0.2) is 26.5 Å². The molecule has 30 heavy (non-hydrogen) atoms. The quantitative estimate of drug-likeness (QED) is 0.610. The molecule has 10 nitrogen and oxygen atoms in total. The van der Waals surface area contributed by atoms with Crippen molar-refractivity contribution in [2.24, 2.45) is 0 Å². The van der Waals surface area contributed by atoms with Gasteiger partial charge in [0.2, 0.25) is 5.69 Å². The SMILES string of the molecule is [2H]c1c(Cl)c(Oc2n[nH]c(=O)c(C(C)C([2H])([2H])[2H])c2F)c(Cl)c([2H])c1-n1nc(C#N)c(=O)[nH]c1=O. The summed E-state index contributed by atoms with van der Waals surface area (Å²) in [5.41, 5.74) is -5.63. The third-order valence-electron chi connectivity index (χ3n) is 3.56. The molecule has 1 aromatic carbocycles. The van der Waals surface area contributed by atoms with E-state index in [0.717, 1.165) is 6.92 Å². The van der Waals surface area contributed by atoms with Crippen LogP contribution in [-0.2, 0) is 0 Å². The summed E-state index contributed by atoms with van der Waals surface area (Å²) in [6, 6.07) is -0.145. The van der Waals surface area contributed by atoms with Crippen molar-refractivity contribution in [1.82, 2.24) is 25.0 Å². The van der Waals surface area contributed by atoms with Gasteiger partial charge in [-0.1, -0.05) is 37.0 Å². The van der Waals surface area contributed by atoms with Crippen LogP contribution in [0.4, 0.5) is 4.39 Å². The van der Waals surface area contributed by atoms with Crippen molar-refractivity contribution in [3.63, 3.8) is 0 Å². The number of nitriles is 1. The van der Waals surface area contributed by atoms with Gasteiger partial charge in [0.15, 0.2) is 11.6 Å². The molecule has 0 aliphatic rings. The lowest BCUT2D eigenvalue weighted by atomic mass is 10.1. The number of ether oxygens (including phenoxy) is 1. The van der Waals surface area contributed by atoms with Gasteiger partial charge < -0.3 is 4.74 Å². The van der Waals surface area contributed by atoms with E-state index in [4.69, 9.17) is 40.1 Å². The molecule has 0 radical (unpaired) electrons. The maximum Gasteiger partial charge on any atom is 0.349 e. The maximum absolute atomic E-state index is 15.0. The number of aromatic nitrogens is 5. The molecule has 0 saturated heterocycles. The zero-order valence-electron chi connectivity index (χ0n) is 19.6. The number of nitrogens with zero attached hydrogens (tertiary/aromatic N) is 4. The Morgan fingerprint density at radius 3 is 2.60 bits per heavy atom. The van der Waals surface area contributed by atoms with Crippen LogP contribution >= 0.6 is 23.2 Å². The number of H-pyrrole nitrogens is 2. The predicted octanol–water partition coefficient (Wildman–Crippen LogP) is 2.24. The summed E-state index contributed by atoms with van der Waals surface area (Å²) in [5.74, 6) is -4.65. The Kier molecular flexibility index (Phi) is 4.15. The monoisotopic (exact) mass is 457 g/mol. The van der Waals surface area contributed by atoms with Gasteiger partial charge in [0.25, 0.3) is 17.0 Å². The van der Waals surface area contributed by atoms with Crippen molar-refractivity contribution in [3.05, 3.63) is 70.4 Å². The van der Waals surface area contributed by atoms with Crippen LogP contribution < -0.4 is 21.5 Å². The van der Waals surface area contributed by atoms with Gasteiger partial charge in [0, 0.05) is 4.11 Å². The van der Waals surface area contributed by atoms with Crippen LogP contribution in [0.1, 0.15) is 37.8 Å². The Labute approximate surface area is 183 Å². The molecule has 154 valence electrons. The molecular formula is C17H11Cl2FN6O4. The first kappa shape index (κ1) is 15.4. The van der Waals surface area contributed by atoms with Gasteiger partial charge in [-0.15, -0.1) is 10.2 Å². The van der Waals surface area contributed by atoms with Gasteiger partial charge in [0.05, 0.1) is 24.0 Å². The molecule has 0 bridgehead atoms. The lowest BCUT2D eigenvalue weighted by Gasteiger charge is -2.13. The molecule has 0 fully saturated rings. The van der Waals surface area contributed by atoms with Crippen LogP contribution in [0, 0.1) is 17.1 Å². The fourth-order valence-electron chi connectivity index (χ4n) is 2.25. The molecule has 2 heterocycles. The van der Waals surface area contributed by atoms with E-state index in [-0.39, 0.29) is 0 Å². The van der Waals surface area contributed by atoms with Crippen LogP contribution in [0.25, 0.3) is 5.69 Å². The van der Waals surface area contributed by atoms with E-state index in [9.17, 15) is 14.4 Å². The van der Waals surface area contributed by atoms with E-state index in [1.165, 1.54) is 6.07 Å². The topological polar surface area (TPSA) is 147 Å². The summed E-state index contributed by atoms with van der Waals surface area (Å²) in [5, 5.41) is 16.4. The highest BCUT2D eigenvalue weighted by Gasteiger charge is 2.21. The van der Waals surface area contributed by atoms with Gasteiger partial charge in [0.1, 0.15) is 6.07 Å². The van der Waals surface area contributed by atoms with Crippen molar-refractivity contribution in [2.45, 2.75) is 19.7 Å². The number of hydrogen-bond acceptors (Lipinski definition) is 7. The lowest BCUT2D eigenvalue weighted by molar-refractivity contribution is 0.407. The van der Waals surface area contributed by atoms with E-state index < -0.39 is 86.1 Å². The van der Waals surface area contributed by atoms with Crippen molar-refractivity contribution in [2.75, 3.05) is 0 Å². The van der Waals surface area contributed by atoms with Gasteiger partial charge in [-0.2, -0.15) is 9.94 Å². The second-order valence-electron chi connectivity index (χ2n) is 5.60. The number of halogens is 3. The third-order valence-corrected chi connectivity index (χ3v) is 4.09. The molecule has 0 spiro atoms. The molecular weight excluding hydrogens is 442 g/mol. The Bertz CT molecular complexity index is 1550. The summed E-state index contributed by atoms with van der Waals surface area (Å²) in [7, 11) is 0. The first-order valence-corrected chi connectivity index (χ1v) is 8.54. The van der Waals surface area contributed by atoms with Crippen molar-refractivity contribution in [3.8, 4) is 23.4 Å². The number of rotatable bonds is 4. The van der Waals surface area contributed by atoms with Crippen LogP contribution in [-0.4, -0.2) is 25.0 Å². The zero-order chi connectivity index (χ0) is 26.4. The number of benzene rings is 1. The van der Waals surface area contributed by atoms with Crippen molar-refractivity contribution in [1.29, 1.82) is 5.26 Å².